The Morgan fingerprint density at radius 3 is 2.56 bits per heavy atom. The first-order valence-electron chi connectivity index (χ1n) is 7.89. The number of aromatic nitrogens is 1. The number of carbonyl (C=O) groups excluding carboxylic acids is 2. The minimum atomic E-state index is -0.354. The van der Waals surface area contributed by atoms with Crippen molar-refractivity contribution in [1.29, 1.82) is 0 Å². The smallest absolute Gasteiger partial charge is 0.338 e. The number of hydrogen-bond donors (Lipinski definition) is 2. The number of carbonyl (C=O) groups is 2. The van der Waals surface area contributed by atoms with E-state index in [1.165, 1.54) is 6.20 Å². The van der Waals surface area contributed by atoms with E-state index >= 15 is 0 Å². The first-order valence-corrected chi connectivity index (χ1v) is 8.30. The third-order valence-corrected chi connectivity index (χ3v) is 3.46. The molecule has 0 aliphatic rings. The van der Waals surface area contributed by atoms with Gasteiger partial charge in [0.2, 0.25) is 0 Å². The highest BCUT2D eigenvalue weighted by Gasteiger charge is 2.09. The van der Waals surface area contributed by atoms with Crippen molar-refractivity contribution in [2.45, 2.75) is 19.8 Å². The van der Waals surface area contributed by atoms with Gasteiger partial charge in [-0.25, -0.2) is 4.79 Å². The molecule has 0 fully saturated rings. The fourth-order valence-corrected chi connectivity index (χ4v) is 2.13. The summed E-state index contributed by atoms with van der Waals surface area (Å²) in [5.74, 6) is -0.700. The van der Waals surface area contributed by atoms with Gasteiger partial charge in [-0.05, 0) is 55.0 Å². The maximum Gasteiger partial charge on any atom is 0.338 e. The van der Waals surface area contributed by atoms with Crippen molar-refractivity contribution in [2.75, 3.05) is 11.9 Å². The van der Waals surface area contributed by atoms with Crippen molar-refractivity contribution in [1.82, 2.24) is 10.3 Å². The van der Waals surface area contributed by atoms with E-state index in [1.807, 2.05) is 6.92 Å². The Kier molecular flexibility index (Phi) is 7.03. The number of anilines is 1. The van der Waals surface area contributed by atoms with Crippen LogP contribution < -0.4 is 10.6 Å². The van der Waals surface area contributed by atoms with Gasteiger partial charge < -0.3 is 10.1 Å². The minimum Gasteiger partial charge on any atom is -0.462 e. The quantitative estimate of drug-likeness (QED) is 0.470. The largest absolute Gasteiger partial charge is 0.462 e. The maximum absolute atomic E-state index is 12.0. The molecule has 0 saturated heterocycles. The molecule has 0 aliphatic carbocycles. The van der Waals surface area contributed by atoms with Crippen LogP contribution in [0.15, 0.2) is 48.8 Å². The van der Waals surface area contributed by atoms with Crippen molar-refractivity contribution < 1.29 is 14.3 Å². The van der Waals surface area contributed by atoms with Crippen molar-refractivity contribution in [2.24, 2.45) is 0 Å². The molecule has 0 atom stereocenters. The Hall–Kier alpha value is -2.80. The van der Waals surface area contributed by atoms with Crippen LogP contribution in [0.25, 0.3) is 0 Å². The standard InChI is InChI=1S/C18H19N3O3S/c1-2-3-11-24-17(23)13-6-8-15(9-7-13)20-18(25)21-16(22)14-5-4-10-19-12-14/h4-10,12H,2-3,11H2,1H3,(H2,20,21,22,25). The van der Waals surface area contributed by atoms with E-state index < -0.39 is 0 Å². The molecule has 2 rings (SSSR count). The molecule has 7 heteroatoms. The zero-order valence-electron chi connectivity index (χ0n) is 13.8. The molecule has 0 bridgehead atoms. The molecule has 25 heavy (non-hydrogen) atoms. The summed E-state index contributed by atoms with van der Waals surface area (Å²) < 4.78 is 5.14. The summed E-state index contributed by atoms with van der Waals surface area (Å²) >= 11 is 5.11. The summed E-state index contributed by atoms with van der Waals surface area (Å²) in [6, 6.07) is 9.98. The molecular weight excluding hydrogens is 338 g/mol. The molecule has 0 unspecified atom stereocenters. The van der Waals surface area contributed by atoms with Gasteiger partial charge in [0.1, 0.15) is 0 Å². The third kappa shape index (κ3) is 5.96. The van der Waals surface area contributed by atoms with Crippen LogP contribution in [0.3, 0.4) is 0 Å². The predicted octanol–water partition coefficient (Wildman–Crippen LogP) is 3.17. The van der Waals surface area contributed by atoms with Gasteiger partial charge in [-0.1, -0.05) is 13.3 Å². The van der Waals surface area contributed by atoms with Crippen LogP contribution in [0, 0.1) is 0 Å². The third-order valence-electron chi connectivity index (χ3n) is 3.26. The molecule has 1 amide bonds. The number of unbranched alkanes of at least 4 members (excludes halogenated alkanes) is 1. The van der Waals surface area contributed by atoms with Gasteiger partial charge in [0, 0.05) is 18.1 Å². The first-order chi connectivity index (χ1) is 12.1. The highest BCUT2D eigenvalue weighted by molar-refractivity contribution is 7.80. The second-order valence-electron chi connectivity index (χ2n) is 5.22. The van der Waals surface area contributed by atoms with E-state index in [-0.39, 0.29) is 17.0 Å². The first kappa shape index (κ1) is 18.5. The fourth-order valence-electron chi connectivity index (χ4n) is 1.92. The molecule has 6 nitrogen and oxygen atoms in total. The van der Waals surface area contributed by atoms with Crippen molar-refractivity contribution >= 4 is 34.9 Å². The molecular formula is C18H19N3O3S. The highest BCUT2D eigenvalue weighted by Crippen LogP contribution is 2.11. The summed E-state index contributed by atoms with van der Waals surface area (Å²) in [7, 11) is 0. The summed E-state index contributed by atoms with van der Waals surface area (Å²) in [6.45, 7) is 2.45. The van der Waals surface area contributed by atoms with Crippen molar-refractivity contribution in [3.8, 4) is 0 Å². The van der Waals surface area contributed by atoms with E-state index in [0.717, 1.165) is 12.8 Å². The molecule has 0 aliphatic heterocycles. The number of pyridine rings is 1. The zero-order chi connectivity index (χ0) is 18.1. The molecule has 1 aromatic carbocycles. The minimum absolute atomic E-state index is 0.159. The van der Waals surface area contributed by atoms with Crippen LogP contribution in [0.1, 0.15) is 40.5 Å². The SMILES string of the molecule is CCCCOC(=O)c1ccc(NC(=S)NC(=O)c2cccnc2)cc1. The molecule has 1 heterocycles. The van der Waals surface area contributed by atoms with Gasteiger partial charge in [-0.3, -0.25) is 15.1 Å². The number of nitrogens with zero attached hydrogens (tertiary/aromatic N) is 1. The molecule has 0 saturated carbocycles. The summed E-state index contributed by atoms with van der Waals surface area (Å²) in [4.78, 5) is 27.7. The van der Waals surface area contributed by atoms with Gasteiger partial charge in [0.25, 0.3) is 5.91 Å². The number of amides is 1. The second-order valence-corrected chi connectivity index (χ2v) is 5.63. The lowest BCUT2D eigenvalue weighted by molar-refractivity contribution is 0.0499. The van der Waals surface area contributed by atoms with Gasteiger partial charge in [-0.15, -0.1) is 0 Å². The Balaban J connectivity index is 1.87. The monoisotopic (exact) mass is 357 g/mol. The predicted molar refractivity (Wildman–Crippen MR) is 99.6 cm³/mol. The Bertz CT molecular complexity index is 733. The lowest BCUT2D eigenvalue weighted by Crippen LogP contribution is -2.34. The molecule has 2 N–H and O–H groups in total. The number of ether oxygens (including phenoxy) is 1. The Morgan fingerprint density at radius 1 is 1.16 bits per heavy atom. The number of esters is 1. The summed E-state index contributed by atoms with van der Waals surface area (Å²) in [5, 5.41) is 5.61. The van der Waals surface area contributed by atoms with E-state index in [1.54, 1.807) is 42.6 Å². The Morgan fingerprint density at radius 2 is 1.92 bits per heavy atom. The van der Waals surface area contributed by atoms with Gasteiger partial charge in [0.05, 0.1) is 17.7 Å². The van der Waals surface area contributed by atoms with Crippen molar-refractivity contribution in [3.63, 3.8) is 0 Å². The lowest BCUT2D eigenvalue weighted by Gasteiger charge is -2.10. The molecule has 0 radical (unpaired) electrons. The number of benzene rings is 1. The van der Waals surface area contributed by atoms with Crippen LogP contribution in [-0.4, -0.2) is 28.6 Å². The van der Waals surface area contributed by atoms with E-state index in [0.29, 0.717) is 23.4 Å². The Labute approximate surface area is 151 Å². The average molecular weight is 357 g/mol. The molecule has 130 valence electrons. The van der Waals surface area contributed by atoms with Crippen LogP contribution in [0.4, 0.5) is 5.69 Å². The molecule has 1 aromatic heterocycles. The lowest BCUT2D eigenvalue weighted by atomic mass is 10.2. The van der Waals surface area contributed by atoms with E-state index in [9.17, 15) is 9.59 Å². The van der Waals surface area contributed by atoms with E-state index in [2.05, 4.69) is 15.6 Å². The zero-order valence-corrected chi connectivity index (χ0v) is 14.6. The normalized spacial score (nSPS) is 9.96. The number of hydrogen-bond acceptors (Lipinski definition) is 5. The van der Waals surface area contributed by atoms with Crippen LogP contribution in [0.5, 0.6) is 0 Å². The maximum atomic E-state index is 12.0. The van der Waals surface area contributed by atoms with Gasteiger partial charge >= 0.3 is 5.97 Å². The molecule has 2 aromatic rings. The number of rotatable bonds is 6. The topological polar surface area (TPSA) is 80.3 Å². The summed E-state index contributed by atoms with van der Waals surface area (Å²) in [6.07, 6.45) is 4.85. The van der Waals surface area contributed by atoms with Crippen LogP contribution in [-0.2, 0) is 4.74 Å². The average Bonchev–Trinajstić information content (AvgIpc) is 2.63. The number of nitrogens with one attached hydrogen (secondary N) is 2. The van der Waals surface area contributed by atoms with Crippen LogP contribution in [0.2, 0.25) is 0 Å². The highest BCUT2D eigenvalue weighted by atomic mass is 32.1. The van der Waals surface area contributed by atoms with Crippen molar-refractivity contribution in [3.05, 3.63) is 59.9 Å². The molecule has 0 spiro atoms. The second kappa shape index (κ2) is 9.48. The number of thiocarbonyl (C=S) groups is 1. The van der Waals surface area contributed by atoms with Gasteiger partial charge in [0.15, 0.2) is 5.11 Å². The van der Waals surface area contributed by atoms with Crippen LogP contribution >= 0.6 is 12.2 Å². The fraction of sp³-hybridized carbons (Fsp3) is 0.222. The van der Waals surface area contributed by atoms with E-state index in [4.69, 9.17) is 17.0 Å². The summed E-state index contributed by atoms with van der Waals surface area (Å²) in [5.41, 5.74) is 1.53. The van der Waals surface area contributed by atoms with Gasteiger partial charge in [-0.2, -0.15) is 0 Å².